The van der Waals surface area contributed by atoms with Gasteiger partial charge in [-0.15, -0.1) is 5.10 Å². The summed E-state index contributed by atoms with van der Waals surface area (Å²) in [5.74, 6) is -0.603. The molecule has 1 N–H and O–H groups in total. The Balaban J connectivity index is 1.52. The van der Waals surface area contributed by atoms with Gasteiger partial charge in [-0.3, -0.25) is 4.79 Å². The van der Waals surface area contributed by atoms with Gasteiger partial charge in [-0.25, -0.2) is 9.07 Å². The van der Waals surface area contributed by atoms with E-state index in [0.29, 0.717) is 12.2 Å². The van der Waals surface area contributed by atoms with Gasteiger partial charge >= 0.3 is 0 Å². The van der Waals surface area contributed by atoms with Crippen LogP contribution in [0.4, 0.5) is 10.1 Å². The molecule has 1 amide bonds. The van der Waals surface area contributed by atoms with Crippen LogP contribution in [0.3, 0.4) is 0 Å². The molecule has 1 aromatic heterocycles. The first-order chi connectivity index (χ1) is 13.0. The third-order valence-electron chi connectivity index (χ3n) is 4.68. The molecule has 0 radical (unpaired) electrons. The molecule has 1 aliphatic heterocycles. The summed E-state index contributed by atoms with van der Waals surface area (Å²) in [5, 5.41) is 11.0. The van der Waals surface area contributed by atoms with Crippen LogP contribution in [0.5, 0.6) is 0 Å². The van der Waals surface area contributed by atoms with Gasteiger partial charge < -0.3 is 10.1 Å². The summed E-state index contributed by atoms with van der Waals surface area (Å²) in [4.78, 5) is 12.6. The normalized spacial score (nSPS) is 16.0. The predicted molar refractivity (Wildman–Crippen MR) is 97.8 cm³/mol. The van der Waals surface area contributed by atoms with Crippen LogP contribution in [-0.2, 0) is 17.9 Å². The molecule has 3 aromatic rings. The molecule has 6 nitrogen and oxygen atoms in total. The highest BCUT2D eigenvalue weighted by molar-refractivity contribution is 6.04. The molecule has 1 aliphatic rings. The molecular weight excluding hydrogens is 347 g/mol. The summed E-state index contributed by atoms with van der Waals surface area (Å²) in [7, 11) is 0. The van der Waals surface area contributed by atoms with Gasteiger partial charge in [-0.2, -0.15) is 0 Å². The monoisotopic (exact) mass is 366 g/mol. The number of fused-ring (bicyclic) bond motifs is 1. The zero-order valence-corrected chi connectivity index (χ0v) is 15.1. The second-order valence-corrected chi connectivity index (χ2v) is 6.69. The molecule has 0 fully saturated rings. The van der Waals surface area contributed by atoms with E-state index in [1.165, 1.54) is 12.1 Å². The lowest BCUT2D eigenvalue weighted by molar-refractivity contribution is -0.00174. The molecule has 1 atom stereocenters. The largest absolute Gasteiger partial charge is 0.365 e. The van der Waals surface area contributed by atoms with Crippen molar-refractivity contribution in [3.63, 3.8) is 0 Å². The fourth-order valence-corrected chi connectivity index (χ4v) is 3.20. The number of carbonyl (C=O) groups excluding carboxylic acids is 1. The van der Waals surface area contributed by atoms with Crippen molar-refractivity contribution in [2.75, 3.05) is 5.32 Å². The van der Waals surface area contributed by atoms with Crippen molar-refractivity contribution in [1.29, 1.82) is 0 Å². The van der Waals surface area contributed by atoms with Crippen molar-refractivity contribution in [2.24, 2.45) is 0 Å². The van der Waals surface area contributed by atoms with Crippen LogP contribution < -0.4 is 5.32 Å². The summed E-state index contributed by atoms with van der Waals surface area (Å²) in [6.07, 6.45) is -0.255. The Hall–Kier alpha value is -3.06. The summed E-state index contributed by atoms with van der Waals surface area (Å²) >= 11 is 0. The Morgan fingerprint density at radius 2 is 2.00 bits per heavy atom. The van der Waals surface area contributed by atoms with E-state index in [9.17, 15) is 9.18 Å². The standard InChI is InChI=1S/C20H19FN4O2/c1-12-3-8-16(13(2)9-12)22-20(26)19-17-11-27-18(10-25(17)24-23-19)14-4-6-15(21)7-5-14/h3-9,18H,10-11H2,1-2H3,(H,22,26). The van der Waals surface area contributed by atoms with Crippen molar-refractivity contribution in [2.45, 2.75) is 33.1 Å². The lowest BCUT2D eigenvalue weighted by atomic mass is 10.1. The van der Waals surface area contributed by atoms with Crippen molar-refractivity contribution < 1.29 is 13.9 Å². The highest BCUT2D eigenvalue weighted by Crippen LogP contribution is 2.27. The average molecular weight is 366 g/mol. The Morgan fingerprint density at radius 3 is 2.74 bits per heavy atom. The first kappa shape index (κ1) is 17.4. The quantitative estimate of drug-likeness (QED) is 0.770. The molecule has 27 heavy (non-hydrogen) atoms. The Kier molecular flexibility index (Phi) is 4.45. The van der Waals surface area contributed by atoms with Crippen LogP contribution in [0.1, 0.15) is 39.0 Å². The van der Waals surface area contributed by atoms with Crippen LogP contribution in [0.25, 0.3) is 0 Å². The van der Waals surface area contributed by atoms with E-state index in [1.807, 2.05) is 32.0 Å². The SMILES string of the molecule is Cc1ccc(NC(=O)c2nnn3c2COC(c2ccc(F)cc2)C3)c(C)c1. The molecular formula is C20H19FN4O2. The first-order valence-electron chi connectivity index (χ1n) is 8.69. The van der Waals surface area contributed by atoms with E-state index in [2.05, 4.69) is 15.6 Å². The Morgan fingerprint density at radius 1 is 1.22 bits per heavy atom. The van der Waals surface area contributed by atoms with Crippen LogP contribution in [0.15, 0.2) is 42.5 Å². The number of nitrogens with zero attached hydrogens (tertiary/aromatic N) is 3. The van der Waals surface area contributed by atoms with Crippen LogP contribution in [-0.4, -0.2) is 20.9 Å². The third kappa shape index (κ3) is 3.46. The molecule has 2 heterocycles. The number of hydrogen-bond donors (Lipinski definition) is 1. The molecule has 0 aliphatic carbocycles. The minimum absolute atomic E-state index is 0.213. The number of amides is 1. The number of rotatable bonds is 3. The smallest absolute Gasteiger partial charge is 0.278 e. The topological polar surface area (TPSA) is 69.0 Å². The first-order valence-corrected chi connectivity index (χ1v) is 8.69. The number of aromatic nitrogens is 3. The Bertz CT molecular complexity index is 998. The lowest BCUT2D eigenvalue weighted by Gasteiger charge is -2.24. The number of benzene rings is 2. The summed E-state index contributed by atoms with van der Waals surface area (Å²) in [5.41, 5.74) is 4.61. The van der Waals surface area contributed by atoms with Crippen molar-refractivity contribution in [3.8, 4) is 0 Å². The van der Waals surface area contributed by atoms with Crippen LogP contribution in [0.2, 0.25) is 0 Å². The number of carbonyl (C=O) groups is 1. The third-order valence-corrected chi connectivity index (χ3v) is 4.68. The molecule has 0 saturated carbocycles. The molecule has 4 rings (SSSR count). The van der Waals surface area contributed by atoms with Gasteiger partial charge in [0.05, 0.1) is 18.8 Å². The zero-order valence-electron chi connectivity index (χ0n) is 15.1. The maximum atomic E-state index is 13.1. The van der Waals surface area contributed by atoms with Gasteiger partial charge in [0.25, 0.3) is 5.91 Å². The lowest BCUT2D eigenvalue weighted by Crippen LogP contribution is -2.24. The van der Waals surface area contributed by atoms with Crippen molar-refractivity contribution in [3.05, 3.63) is 76.4 Å². The van der Waals surface area contributed by atoms with E-state index in [4.69, 9.17) is 4.74 Å². The number of nitrogens with one attached hydrogen (secondary N) is 1. The summed E-state index contributed by atoms with van der Waals surface area (Å²) in [6.45, 7) is 4.58. The highest BCUT2D eigenvalue weighted by atomic mass is 19.1. The number of anilines is 1. The second kappa shape index (κ2) is 6.92. The van der Waals surface area contributed by atoms with Gasteiger partial charge in [-0.05, 0) is 43.2 Å². The van der Waals surface area contributed by atoms with Crippen molar-refractivity contribution >= 4 is 11.6 Å². The number of halogens is 1. The maximum absolute atomic E-state index is 13.1. The fraction of sp³-hybridized carbons (Fsp3) is 0.250. The van der Waals surface area contributed by atoms with Gasteiger partial charge in [0.15, 0.2) is 5.69 Å². The van der Waals surface area contributed by atoms with E-state index < -0.39 is 0 Å². The summed E-state index contributed by atoms with van der Waals surface area (Å²) in [6, 6.07) is 12.0. The maximum Gasteiger partial charge on any atom is 0.278 e. The molecule has 0 spiro atoms. The number of ether oxygens (including phenoxy) is 1. The molecule has 0 saturated heterocycles. The molecule has 7 heteroatoms. The summed E-state index contributed by atoms with van der Waals surface area (Å²) < 4.78 is 20.6. The van der Waals surface area contributed by atoms with Gasteiger partial charge in [0.2, 0.25) is 0 Å². The fourth-order valence-electron chi connectivity index (χ4n) is 3.20. The molecule has 2 aromatic carbocycles. The molecule has 138 valence electrons. The van der Waals surface area contributed by atoms with Crippen LogP contribution in [0, 0.1) is 19.7 Å². The predicted octanol–water partition coefficient (Wildman–Crippen LogP) is 3.56. The van der Waals surface area contributed by atoms with E-state index in [1.54, 1.807) is 16.8 Å². The van der Waals surface area contributed by atoms with Gasteiger partial charge in [-0.1, -0.05) is 35.0 Å². The Labute approximate surface area is 156 Å². The zero-order chi connectivity index (χ0) is 19.0. The average Bonchev–Trinajstić information content (AvgIpc) is 3.08. The molecule has 0 bridgehead atoms. The van der Waals surface area contributed by atoms with E-state index >= 15 is 0 Å². The minimum atomic E-state index is -0.313. The van der Waals surface area contributed by atoms with E-state index in [0.717, 1.165) is 22.4 Å². The number of aryl methyl sites for hydroxylation is 2. The molecule has 1 unspecified atom stereocenters. The van der Waals surface area contributed by atoms with Gasteiger partial charge in [0.1, 0.15) is 11.9 Å². The van der Waals surface area contributed by atoms with Gasteiger partial charge in [0, 0.05) is 5.69 Å². The van der Waals surface area contributed by atoms with Crippen molar-refractivity contribution in [1.82, 2.24) is 15.0 Å². The van der Waals surface area contributed by atoms with Crippen LogP contribution >= 0.6 is 0 Å². The number of hydrogen-bond acceptors (Lipinski definition) is 4. The minimum Gasteiger partial charge on any atom is -0.365 e. The highest BCUT2D eigenvalue weighted by Gasteiger charge is 2.28. The second-order valence-electron chi connectivity index (χ2n) is 6.69. The van der Waals surface area contributed by atoms with E-state index in [-0.39, 0.29) is 30.1 Å².